The predicted molar refractivity (Wildman–Crippen MR) is 77.8 cm³/mol. The van der Waals surface area contributed by atoms with Gasteiger partial charge in [0.15, 0.2) is 0 Å². The molecule has 1 fully saturated rings. The number of hydrogen-bond acceptors (Lipinski definition) is 4. The van der Waals surface area contributed by atoms with Gasteiger partial charge in [-0.3, -0.25) is 0 Å². The molecule has 4 heteroatoms. The summed E-state index contributed by atoms with van der Waals surface area (Å²) in [6.07, 6.45) is 5.43. The summed E-state index contributed by atoms with van der Waals surface area (Å²) in [6, 6.07) is 1.94. The molecule has 3 rings (SSSR count). The van der Waals surface area contributed by atoms with Crippen LogP contribution in [0.5, 0.6) is 11.5 Å². The number of aromatic hydroxyl groups is 1. The third-order valence-corrected chi connectivity index (χ3v) is 4.52. The first kappa shape index (κ1) is 13.5. The number of nitrogens with one attached hydrogen (secondary N) is 1. The number of hydrogen-bond donors (Lipinski definition) is 2. The molecule has 0 radical (unpaired) electrons. The van der Waals surface area contributed by atoms with E-state index in [0.717, 1.165) is 35.3 Å². The Labute approximate surface area is 119 Å². The van der Waals surface area contributed by atoms with E-state index in [9.17, 15) is 5.11 Å². The van der Waals surface area contributed by atoms with Crippen molar-refractivity contribution in [1.82, 2.24) is 5.48 Å². The summed E-state index contributed by atoms with van der Waals surface area (Å²) >= 11 is 0. The van der Waals surface area contributed by atoms with Gasteiger partial charge in [0.2, 0.25) is 0 Å². The zero-order valence-corrected chi connectivity index (χ0v) is 12.2. The van der Waals surface area contributed by atoms with Crippen molar-refractivity contribution in [2.45, 2.75) is 38.7 Å². The van der Waals surface area contributed by atoms with Crippen molar-refractivity contribution < 1.29 is 14.7 Å². The summed E-state index contributed by atoms with van der Waals surface area (Å²) in [5.41, 5.74) is 6.66. The van der Waals surface area contributed by atoms with Gasteiger partial charge in [0.25, 0.3) is 0 Å². The first-order valence-corrected chi connectivity index (χ1v) is 7.06. The van der Waals surface area contributed by atoms with E-state index in [4.69, 9.17) is 9.57 Å². The zero-order chi connectivity index (χ0) is 14.3. The summed E-state index contributed by atoms with van der Waals surface area (Å²) in [6.45, 7) is 4.48. The van der Waals surface area contributed by atoms with Gasteiger partial charge in [0, 0.05) is 17.7 Å². The Balaban J connectivity index is 2.06. The second-order valence-electron chi connectivity index (χ2n) is 5.72. The van der Waals surface area contributed by atoms with E-state index >= 15 is 0 Å². The summed E-state index contributed by atoms with van der Waals surface area (Å²) in [7, 11) is 1.62. The summed E-state index contributed by atoms with van der Waals surface area (Å²) in [5, 5.41) is 10.1. The van der Waals surface area contributed by atoms with Gasteiger partial charge < -0.3 is 14.7 Å². The molecule has 0 amide bonds. The number of rotatable bonds is 3. The number of phenols is 1. The lowest BCUT2D eigenvalue weighted by Crippen LogP contribution is -2.48. The lowest BCUT2D eigenvalue weighted by Gasteiger charge is -2.46. The topological polar surface area (TPSA) is 50.7 Å². The van der Waals surface area contributed by atoms with E-state index in [1.807, 2.05) is 19.9 Å². The van der Waals surface area contributed by atoms with E-state index in [2.05, 4.69) is 11.6 Å². The summed E-state index contributed by atoms with van der Waals surface area (Å²) in [5.74, 6) is 1.24. The highest BCUT2D eigenvalue weighted by atomic mass is 16.6. The molecule has 108 valence electrons. The van der Waals surface area contributed by atoms with Crippen molar-refractivity contribution in [2.75, 3.05) is 13.7 Å². The van der Waals surface area contributed by atoms with Crippen LogP contribution in [0.15, 0.2) is 11.6 Å². The molecule has 0 aromatic heterocycles. The van der Waals surface area contributed by atoms with Crippen molar-refractivity contribution in [2.24, 2.45) is 0 Å². The minimum absolute atomic E-state index is 0.172. The number of benzene rings is 1. The maximum Gasteiger partial charge on any atom is 0.132 e. The number of fused-ring (bicyclic) bond motifs is 1. The molecule has 1 aliphatic heterocycles. The van der Waals surface area contributed by atoms with Gasteiger partial charge in [0.05, 0.1) is 7.11 Å². The fourth-order valence-electron chi connectivity index (χ4n) is 3.08. The van der Waals surface area contributed by atoms with E-state index in [1.54, 1.807) is 7.11 Å². The van der Waals surface area contributed by atoms with Crippen LogP contribution in [0.1, 0.15) is 36.0 Å². The second-order valence-corrected chi connectivity index (χ2v) is 5.72. The molecule has 20 heavy (non-hydrogen) atoms. The predicted octanol–water partition coefficient (Wildman–Crippen LogP) is 2.86. The lowest BCUT2D eigenvalue weighted by atomic mass is 9.72. The molecule has 1 aliphatic carbocycles. The van der Waals surface area contributed by atoms with Crippen LogP contribution < -0.4 is 10.2 Å². The average molecular weight is 275 g/mol. The Bertz CT molecular complexity index is 574. The van der Waals surface area contributed by atoms with E-state index in [-0.39, 0.29) is 5.60 Å². The minimum atomic E-state index is -0.172. The van der Waals surface area contributed by atoms with Gasteiger partial charge in [-0.25, -0.2) is 0 Å². The molecule has 2 N–H and O–H groups in total. The first-order chi connectivity index (χ1) is 9.57. The van der Waals surface area contributed by atoms with Gasteiger partial charge in [-0.05, 0) is 56.4 Å². The summed E-state index contributed by atoms with van der Waals surface area (Å²) < 4.78 is 6.31. The molecular formula is C16H21NO3. The van der Waals surface area contributed by atoms with Crippen LogP contribution in [0.3, 0.4) is 0 Å². The normalized spacial score (nSPS) is 19.1. The van der Waals surface area contributed by atoms with Crippen molar-refractivity contribution >= 4 is 6.08 Å². The molecule has 1 aromatic carbocycles. The van der Waals surface area contributed by atoms with Crippen LogP contribution in [0, 0.1) is 13.8 Å². The van der Waals surface area contributed by atoms with Gasteiger partial charge in [0.1, 0.15) is 17.1 Å². The Morgan fingerprint density at radius 1 is 1.40 bits per heavy atom. The smallest absolute Gasteiger partial charge is 0.132 e. The molecule has 1 spiro atoms. The standard InChI is InChI=1S/C16H21NO3/c1-10-7-14-13(11(2)15(10)18)8-12(9-17-19-3)16(20-14)5-4-6-16/h7-8,17-18H,4-6,9H2,1-3H3. The first-order valence-electron chi connectivity index (χ1n) is 7.06. The van der Waals surface area contributed by atoms with Gasteiger partial charge in [-0.15, -0.1) is 0 Å². The van der Waals surface area contributed by atoms with Crippen LogP contribution in [-0.2, 0) is 4.84 Å². The molecule has 4 nitrogen and oxygen atoms in total. The Kier molecular flexibility index (Phi) is 3.22. The lowest BCUT2D eigenvalue weighted by molar-refractivity contribution is 0.0147. The number of ether oxygens (including phenoxy) is 1. The van der Waals surface area contributed by atoms with Gasteiger partial charge >= 0.3 is 0 Å². The Hall–Kier alpha value is -1.52. The number of aryl methyl sites for hydroxylation is 1. The molecule has 0 unspecified atom stereocenters. The van der Waals surface area contributed by atoms with Crippen molar-refractivity contribution in [1.29, 1.82) is 0 Å². The average Bonchev–Trinajstić information content (AvgIpc) is 2.40. The second kappa shape index (κ2) is 4.79. The van der Waals surface area contributed by atoms with Crippen molar-refractivity contribution in [3.8, 4) is 11.5 Å². The molecule has 0 atom stereocenters. The van der Waals surface area contributed by atoms with Crippen LogP contribution in [0.4, 0.5) is 0 Å². The van der Waals surface area contributed by atoms with Crippen LogP contribution >= 0.6 is 0 Å². The SMILES string of the molecule is CONCC1=Cc2c(cc(C)c(O)c2C)OC12CCC2. The number of phenolic OH excluding ortho intramolecular Hbond substituents is 1. The molecule has 1 saturated carbocycles. The quantitative estimate of drug-likeness (QED) is 0.833. The molecule has 0 bridgehead atoms. The maximum atomic E-state index is 10.1. The van der Waals surface area contributed by atoms with Crippen LogP contribution in [0.2, 0.25) is 0 Å². The fraction of sp³-hybridized carbons (Fsp3) is 0.500. The largest absolute Gasteiger partial charge is 0.507 e. The third-order valence-electron chi connectivity index (χ3n) is 4.52. The molecule has 2 aliphatic rings. The fourth-order valence-corrected chi connectivity index (χ4v) is 3.08. The van der Waals surface area contributed by atoms with Gasteiger partial charge in [-0.1, -0.05) is 0 Å². The Morgan fingerprint density at radius 2 is 2.15 bits per heavy atom. The zero-order valence-electron chi connectivity index (χ0n) is 12.2. The minimum Gasteiger partial charge on any atom is -0.507 e. The van der Waals surface area contributed by atoms with Crippen molar-refractivity contribution in [3.05, 3.63) is 28.3 Å². The maximum absolute atomic E-state index is 10.1. The third kappa shape index (κ3) is 1.91. The van der Waals surface area contributed by atoms with E-state index < -0.39 is 0 Å². The Morgan fingerprint density at radius 3 is 2.75 bits per heavy atom. The highest BCUT2D eigenvalue weighted by Gasteiger charge is 2.45. The van der Waals surface area contributed by atoms with E-state index in [1.165, 1.54) is 12.0 Å². The number of hydroxylamine groups is 1. The molecular weight excluding hydrogens is 254 g/mol. The monoisotopic (exact) mass is 275 g/mol. The molecule has 0 saturated heterocycles. The summed E-state index contributed by atoms with van der Waals surface area (Å²) in [4.78, 5) is 4.97. The highest BCUT2D eigenvalue weighted by Crippen LogP contribution is 2.49. The molecule has 1 aromatic rings. The van der Waals surface area contributed by atoms with Crippen LogP contribution in [-0.4, -0.2) is 24.4 Å². The molecule has 1 heterocycles. The van der Waals surface area contributed by atoms with Gasteiger partial charge in [-0.2, -0.15) is 5.48 Å². The van der Waals surface area contributed by atoms with E-state index in [0.29, 0.717) is 12.3 Å². The van der Waals surface area contributed by atoms with Crippen molar-refractivity contribution in [3.63, 3.8) is 0 Å². The highest BCUT2D eigenvalue weighted by molar-refractivity contribution is 5.71. The van der Waals surface area contributed by atoms with Crippen LogP contribution in [0.25, 0.3) is 6.08 Å².